The first-order valence-corrected chi connectivity index (χ1v) is 8.39. The van der Waals surface area contributed by atoms with Crippen LogP contribution in [0.15, 0.2) is 30.3 Å². The zero-order valence-corrected chi connectivity index (χ0v) is 14.6. The molecule has 1 aromatic rings. The van der Waals surface area contributed by atoms with Crippen LogP contribution in [0.1, 0.15) is 31.1 Å². The number of hydrogen-bond donors (Lipinski definition) is 2. The second kappa shape index (κ2) is 9.42. The number of hydrogen-bond acceptors (Lipinski definition) is 4. The molecule has 0 saturated carbocycles. The lowest BCUT2D eigenvalue weighted by molar-refractivity contribution is -0.121. The van der Waals surface area contributed by atoms with Gasteiger partial charge in [-0.3, -0.25) is 20.4 Å². The molecule has 0 aliphatic carbocycles. The van der Waals surface area contributed by atoms with Crippen LogP contribution in [-0.4, -0.2) is 39.4 Å². The molecule has 7 heteroatoms. The van der Waals surface area contributed by atoms with Crippen molar-refractivity contribution >= 4 is 40.1 Å². The lowest BCUT2D eigenvalue weighted by Crippen LogP contribution is -2.45. The largest absolute Gasteiger partial charge is 0.358 e. The molecule has 0 aliphatic heterocycles. The minimum Gasteiger partial charge on any atom is -0.358 e. The van der Waals surface area contributed by atoms with Crippen LogP contribution in [0.2, 0.25) is 0 Å². The predicted molar refractivity (Wildman–Crippen MR) is 94.6 cm³/mol. The Hall–Kier alpha value is -1.60. The van der Waals surface area contributed by atoms with Gasteiger partial charge in [0.25, 0.3) is 11.8 Å². The van der Waals surface area contributed by atoms with E-state index in [1.165, 1.54) is 11.8 Å². The summed E-state index contributed by atoms with van der Waals surface area (Å²) < 4.78 is 0.682. The molecule has 5 nitrogen and oxygen atoms in total. The summed E-state index contributed by atoms with van der Waals surface area (Å²) in [7, 11) is 0. The van der Waals surface area contributed by atoms with Gasteiger partial charge in [0.15, 0.2) is 0 Å². The van der Waals surface area contributed by atoms with Crippen molar-refractivity contribution in [1.82, 2.24) is 15.8 Å². The fraction of sp³-hybridized carbons (Fsp3) is 0.400. The van der Waals surface area contributed by atoms with Gasteiger partial charge in [-0.25, -0.2) is 0 Å². The third kappa shape index (κ3) is 5.65. The Balaban J connectivity index is 2.45. The van der Waals surface area contributed by atoms with Gasteiger partial charge in [0.1, 0.15) is 4.32 Å². The number of thioether (sulfide) groups is 1. The first kappa shape index (κ1) is 18.4. The van der Waals surface area contributed by atoms with Gasteiger partial charge in [0.2, 0.25) is 0 Å². The quantitative estimate of drug-likeness (QED) is 0.636. The average molecular weight is 339 g/mol. The van der Waals surface area contributed by atoms with Gasteiger partial charge in [-0.15, -0.1) is 0 Å². The van der Waals surface area contributed by atoms with E-state index in [4.69, 9.17) is 12.2 Å². The van der Waals surface area contributed by atoms with Crippen LogP contribution in [-0.2, 0) is 4.79 Å². The fourth-order valence-electron chi connectivity index (χ4n) is 1.64. The maximum atomic E-state index is 12.0. The zero-order valence-electron chi connectivity index (χ0n) is 13.0. The van der Waals surface area contributed by atoms with Crippen LogP contribution in [0.25, 0.3) is 0 Å². The van der Waals surface area contributed by atoms with Crippen molar-refractivity contribution in [1.29, 1.82) is 0 Å². The van der Waals surface area contributed by atoms with E-state index in [-0.39, 0.29) is 17.1 Å². The monoisotopic (exact) mass is 339 g/mol. The summed E-state index contributed by atoms with van der Waals surface area (Å²) >= 11 is 6.61. The number of rotatable bonds is 5. The van der Waals surface area contributed by atoms with Gasteiger partial charge in [0, 0.05) is 18.7 Å². The van der Waals surface area contributed by atoms with Crippen LogP contribution >= 0.6 is 24.0 Å². The van der Waals surface area contributed by atoms with Crippen molar-refractivity contribution < 1.29 is 9.59 Å². The van der Waals surface area contributed by atoms with E-state index in [0.29, 0.717) is 9.88 Å². The van der Waals surface area contributed by atoms with Crippen molar-refractivity contribution in [3.63, 3.8) is 0 Å². The highest BCUT2D eigenvalue weighted by atomic mass is 32.2. The molecule has 2 N–H and O–H groups in total. The van der Waals surface area contributed by atoms with Gasteiger partial charge < -0.3 is 4.90 Å². The molecule has 0 bridgehead atoms. The van der Waals surface area contributed by atoms with E-state index in [0.717, 1.165) is 13.1 Å². The molecule has 1 aromatic carbocycles. The molecule has 22 heavy (non-hydrogen) atoms. The molecule has 0 radical (unpaired) electrons. The number of thiocarbonyl (C=S) groups is 1. The Morgan fingerprint density at radius 1 is 1.18 bits per heavy atom. The minimum atomic E-state index is -0.385. The first-order chi connectivity index (χ1) is 10.5. The summed E-state index contributed by atoms with van der Waals surface area (Å²) in [5, 5.41) is -0.385. The molecule has 1 rings (SSSR count). The summed E-state index contributed by atoms with van der Waals surface area (Å²) in [5.41, 5.74) is 5.31. The first-order valence-electron chi connectivity index (χ1n) is 7.10. The Morgan fingerprint density at radius 2 is 1.77 bits per heavy atom. The topological polar surface area (TPSA) is 61.4 Å². The number of hydrazine groups is 1. The molecule has 0 unspecified atom stereocenters. The molecule has 0 spiro atoms. The molecule has 0 aliphatic rings. The highest BCUT2D eigenvalue weighted by Gasteiger charge is 2.18. The van der Waals surface area contributed by atoms with Gasteiger partial charge in [-0.05, 0) is 32.9 Å². The maximum Gasteiger partial charge on any atom is 0.269 e. The maximum absolute atomic E-state index is 12.0. The zero-order chi connectivity index (χ0) is 16.5. The minimum absolute atomic E-state index is 0.288. The molecular weight excluding hydrogens is 318 g/mol. The van der Waals surface area contributed by atoms with Crippen LogP contribution < -0.4 is 10.9 Å². The Kier molecular flexibility index (Phi) is 7.90. The third-order valence-corrected chi connectivity index (χ3v) is 4.58. The SMILES string of the molecule is CCN(CC)C(=S)S[C@H](C)C(=O)NNC(=O)c1ccccc1. The average Bonchev–Trinajstić information content (AvgIpc) is 2.54. The van der Waals surface area contributed by atoms with E-state index in [2.05, 4.69) is 10.9 Å². The van der Waals surface area contributed by atoms with Gasteiger partial charge in [0.05, 0.1) is 5.25 Å². The summed E-state index contributed by atoms with van der Waals surface area (Å²) in [6.45, 7) is 7.40. The second-order valence-electron chi connectivity index (χ2n) is 4.51. The summed E-state index contributed by atoms with van der Waals surface area (Å²) in [6.07, 6.45) is 0. The molecule has 0 aromatic heterocycles. The van der Waals surface area contributed by atoms with E-state index in [1.54, 1.807) is 31.2 Å². The molecular formula is C15H21N3O2S2. The summed E-state index contributed by atoms with van der Waals surface area (Å²) in [4.78, 5) is 25.8. The van der Waals surface area contributed by atoms with E-state index in [1.807, 2.05) is 24.8 Å². The molecule has 2 amide bonds. The Morgan fingerprint density at radius 3 is 2.32 bits per heavy atom. The number of nitrogens with zero attached hydrogens (tertiary/aromatic N) is 1. The molecule has 0 heterocycles. The number of carbonyl (C=O) groups is 2. The van der Waals surface area contributed by atoms with Crippen LogP contribution in [0.3, 0.4) is 0 Å². The highest BCUT2D eigenvalue weighted by Crippen LogP contribution is 2.16. The number of carbonyl (C=O) groups excluding carboxylic acids is 2. The molecule has 0 saturated heterocycles. The smallest absolute Gasteiger partial charge is 0.269 e. The van der Waals surface area contributed by atoms with Gasteiger partial charge in [-0.1, -0.05) is 42.2 Å². The van der Waals surface area contributed by atoms with Crippen LogP contribution in [0.4, 0.5) is 0 Å². The van der Waals surface area contributed by atoms with Crippen molar-refractivity contribution in [2.75, 3.05) is 13.1 Å². The second-order valence-corrected chi connectivity index (χ2v) is 6.48. The van der Waals surface area contributed by atoms with Crippen molar-refractivity contribution in [2.24, 2.45) is 0 Å². The molecule has 1 atom stereocenters. The van der Waals surface area contributed by atoms with E-state index in [9.17, 15) is 9.59 Å². The lowest BCUT2D eigenvalue weighted by Gasteiger charge is -2.22. The van der Waals surface area contributed by atoms with Crippen molar-refractivity contribution in [3.05, 3.63) is 35.9 Å². The molecule has 120 valence electrons. The Labute approximate surface area is 140 Å². The molecule has 0 fully saturated rings. The standard InChI is InChI=1S/C15H21N3O2S2/c1-4-18(5-2)15(21)22-11(3)13(19)16-17-14(20)12-9-7-6-8-10-12/h6-11H,4-5H2,1-3H3,(H,16,19)(H,17,20)/t11-/m1/s1. The van der Waals surface area contributed by atoms with Gasteiger partial charge >= 0.3 is 0 Å². The number of benzene rings is 1. The Bertz CT molecular complexity index is 519. The van der Waals surface area contributed by atoms with Crippen molar-refractivity contribution in [2.45, 2.75) is 26.0 Å². The highest BCUT2D eigenvalue weighted by molar-refractivity contribution is 8.23. The van der Waals surface area contributed by atoms with Gasteiger partial charge in [-0.2, -0.15) is 0 Å². The van der Waals surface area contributed by atoms with Crippen LogP contribution in [0.5, 0.6) is 0 Å². The predicted octanol–water partition coefficient (Wildman–Crippen LogP) is 2.20. The van der Waals surface area contributed by atoms with E-state index >= 15 is 0 Å². The summed E-state index contributed by atoms with van der Waals surface area (Å²) in [6, 6.07) is 8.70. The van der Waals surface area contributed by atoms with Crippen molar-refractivity contribution in [3.8, 4) is 0 Å². The third-order valence-electron chi connectivity index (χ3n) is 3.00. The summed E-state index contributed by atoms with van der Waals surface area (Å²) in [5.74, 6) is -0.638. The van der Waals surface area contributed by atoms with E-state index < -0.39 is 0 Å². The normalized spacial score (nSPS) is 11.4. The fourth-order valence-corrected chi connectivity index (χ4v) is 3.21. The number of amides is 2. The number of nitrogens with one attached hydrogen (secondary N) is 2. The van der Waals surface area contributed by atoms with Crippen LogP contribution in [0, 0.1) is 0 Å². The lowest BCUT2D eigenvalue weighted by atomic mass is 10.2.